The normalized spacial score (nSPS) is 10.9. The van der Waals surface area contributed by atoms with Crippen molar-refractivity contribution in [3.8, 4) is 0 Å². The number of nitrogens with one attached hydrogen (secondary N) is 2. The van der Waals surface area contributed by atoms with E-state index in [1.54, 1.807) is 29.6 Å². The molecule has 0 aliphatic rings. The van der Waals surface area contributed by atoms with Gasteiger partial charge in [0.25, 0.3) is 5.56 Å². The van der Waals surface area contributed by atoms with E-state index in [4.69, 9.17) is 11.6 Å². The molecule has 0 fully saturated rings. The van der Waals surface area contributed by atoms with Crippen LogP contribution in [0.15, 0.2) is 69.6 Å². The van der Waals surface area contributed by atoms with Gasteiger partial charge in [-0.1, -0.05) is 54.9 Å². The van der Waals surface area contributed by atoms with Crippen molar-refractivity contribution < 1.29 is 9.59 Å². The Labute approximate surface area is 216 Å². The van der Waals surface area contributed by atoms with Gasteiger partial charge in [-0.25, -0.2) is 4.79 Å². The molecular weight excluding hydrogens is 500 g/mol. The predicted molar refractivity (Wildman–Crippen MR) is 143 cm³/mol. The number of nitrogens with zero attached hydrogens (tertiary/aromatic N) is 2. The minimum absolute atomic E-state index is 0.0768. The smallest absolute Gasteiger partial charge is 0.332 e. The maximum absolute atomic E-state index is 13.3. The molecule has 186 valence electrons. The average molecular weight is 525 g/mol. The van der Waals surface area contributed by atoms with Crippen molar-refractivity contribution in [3.63, 3.8) is 0 Å². The first-order valence-electron chi connectivity index (χ1n) is 11.5. The van der Waals surface area contributed by atoms with E-state index >= 15 is 0 Å². The summed E-state index contributed by atoms with van der Waals surface area (Å²) in [4.78, 5) is 51.5. The molecule has 0 aliphatic heterocycles. The number of rotatable bonds is 9. The summed E-state index contributed by atoms with van der Waals surface area (Å²) in [6.45, 7) is 1.86. The maximum atomic E-state index is 13.3. The summed E-state index contributed by atoms with van der Waals surface area (Å²) >= 11 is 7.31. The Kier molecular flexibility index (Phi) is 8.02. The fraction of sp³-hybridized carbons (Fsp3) is 0.231. The molecule has 0 saturated carbocycles. The van der Waals surface area contributed by atoms with Crippen LogP contribution >= 0.6 is 22.9 Å². The van der Waals surface area contributed by atoms with E-state index in [9.17, 15) is 19.2 Å². The number of fused-ring (bicyclic) bond motifs is 1. The van der Waals surface area contributed by atoms with Crippen molar-refractivity contribution in [3.05, 3.63) is 97.0 Å². The third-order valence-corrected chi connectivity index (χ3v) is 7.07. The largest absolute Gasteiger partial charge is 0.352 e. The molecule has 0 unspecified atom stereocenters. The van der Waals surface area contributed by atoms with Crippen molar-refractivity contribution in [2.24, 2.45) is 0 Å². The second-order valence-electron chi connectivity index (χ2n) is 8.14. The summed E-state index contributed by atoms with van der Waals surface area (Å²) in [7, 11) is 0. The van der Waals surface area contributed by atoms with Crippen molar-refractivity contribution in [2.45, 2.75) is 39.4 Å². The summed E-state index contributed by atoms with van der Waals surface area (Å²) in [5, 5.41) is 7.86. The van der Waals surface area contributed by atoms with Crippen LogP contribution in [-0.4, -0.2) is 20.9 Å². The average Bonchev–Trinajstić information content (AvgIpc) is 3.36. The molecule has 36 heavy (non-hydrogen) atoms. The van der Waals surface area contributed by atoms with E-state index in [1.807, 2.05) is 37.3 Å². The number of para-hydroxylation sites is 1. The molecule has 4 aromatic rings. The van der Waals surface area contributed by atoms with Gasteiger partial charge in [0.1, 0.15) is 11.2 Å². The highest BCUT2D eigenvalue weighted by Crippen LogP contribution is 2.18. The molecule has 0 atom stereocenters. The molecule has 2 amide bonds. The number of thiophene rings is 1. The van der Waals surface area contributed by atoms with Crippen molar-refractivity contribution in [1.29, 1.82) is 0 Å². The van der Waals surface area contributed by atoms with E-state index in [0.717, 1.165) is 22.1 Å². The van der Waals surface area contributed by atoms with Crippen LogP contribution in [0.4, 0.5) is 5.69 Å². The molecule has 0 aliphatic carbocycles. The summed E-state index contributed by atoms with van der Waals surface area (Å²) < 4.78 is 2.65. The molecule has 2 heterocycles. The van der Waals surface area contributed by atoms with Gasteiger partial charge in [0.15, 0.2) is 0 Å². The molecule has 2 N–H and O–H groups in total. The summed E-state index contributed by atoms with van der Waals surface area (Å²) in [6, 6.07) is 16.3. The van der Waals surface area contributed by atoms with Gasteiger partial charge in [0, 0.05) is 30.2 Å². The number of hydrogen-bond donors (Lipinski definition) is 2. The first kappa shape index (κ1) is 25.4. The monoisotopic (exact) mass is 524 g/mol. The fourth-order valence-corrected chi connectivity index (χ4v) is 4.95. The lowest BCUT2D eigenvalue weighted by Crippen LogP contribution is -2.42. The first-order chi connectivity index (χ1) is 17.4. The second kappa shape index (κ2) is 11.4. The minimum Gasteiger partial charge on any atom is -0.352 e. The Bertz CT molecular complexity index is 1540. The molecule has 0 bridgehead atoms. The van der Waals surface area contributed by atoms with Gasteiger partial charge in [-0.15, -0.1) is 11.3 Å². The quantitative estimate of drug-likeness (QED) is 0.348. The highest BCUT2D eigenvalue weighted by atomic mass is 35.5. The number of benzene rings is 2. The predicted octanol–water partition coefficient (Wildman–Crippen LogP) is 3.79. The SMILES string of the molecule is CCc1ccccc1NC(=O)Cn1c(=O)n(CCC(=O)NCc2ccccc2Cl)c(=O)c2sccc21. The maximum Gasteiger partial charge on any atom is 0.332 e. The van der Waals surface area contributed by atoms with Crippen LogP contribution in [-0.2, 0) is 35.6 Å². The molecule has 0 saturated heterocycles. The lowest BCUT2D eigenvalue weighted by atomic mass is 10.1. The number of carbonyl (C=O) groups excluding carboxylic acids is 2. The number of carbonyl (C=O) groups is 2. The van der Waals surface area contributed by atoms with E-state index in [0.29, 0.717) is 20.9 Å². The van der Waals surface area contributed by atoms with Crippen LogP contribution in [0.1, 0.15) is 24.5 Å². The number of halogens is 1. The Hall–Kier alpha value is -3.69. The lowest BCUT2D eigenvalue weighted by molar-refractivity contribution is -0.121. The Balaban J connectivity index is 1.52. The molecule has 2 aromatic carbocycles. The molecule has 0 radical (unpaired) electrons. The van der Waals surface area contributed by atoms with Crippen molar-refractivity contribution in [2.75, 3.05) is 5.32 Å². The van der Waals surface area contributed by atoms with Gasteiger partial charge in [0.2, 0.25) is 11.8 Å². The van der Waals surface area contributed by atoms with Gasteiger partial charge in [-0.3, -0.25) is 23.5 Å². The van der Waals surface area contributed by atoms with E-state index in [-0.39, 0.29) is 37.9 Å². The fourth-order valence-electron chi connectivity index (χ4n) is 3.90. The van der Waals surface area contributed by atoms with Gasteiger partial charge < -0.3 is 10.6 Å². The van der Waals surface area contributed by atoms with Crippen molar-refractivity contribution in [1.82, 2.24) is 14.5 Å². The Morgan fingerprint density at radius 1 is 0.944 bits per heavy atom. The highest BCUT2D eigenvalue weighted by Gasteiger charge is 2.18. The van der Waals surface area contributed by atoms with Crippen LogP contribution in [0, 0.1) is 0 Å². The second-order valence-corrected chi connectivity index (χ2v) is 9.46. The number of aryl methyl sites for hydroxylation is 1. The topological polar surface area (TPSA) is 102 Å². The van der Waals surface area contributed by atoms with Crippen LogP contribution in [0.5, 0.6) is 0 Å². The molecular formula is C26H25ClN4O4S. The first-order valence-corrected chi connectivity index (χ1v) is 12.7. The number of anilines is 1. The zero-order valence-electron chi connectivity index (χ0n) is 19.6. The molecule has 0 spiro atoms. The van der Waals surface area contributed by atoms with Gasteiger partial charge in [0.05, 0.1) is 5.52 Å². The zero-order chi connectivity index (χ0) is 25.7. The van der Waals surface area contributed by atoms with Crippen molar-refractivity contribution >= 4 is 50.7 Å². The third-order valence-electron chi connectivity index (χ3n) is 5.81. The summed E-state index contributed by atoms with van der Waals surface area (Å²) in [5.74, 6) is -0.707. The minimum atomic E-state index is -0.635. The Morgan fingerprint density at radius 2 is 1.67 bits per heavy atom. The van der Waals surface area contributed by atoms with E-state index < -0.39 is 11.2 Å². The molecule has 8 nitrogen and oxygen atoms in total. The standard InChI is InChI=1S/C26H25ClN4O4S/c1-2-17-7-4-6-10-20(17)29-23(33)16-31-21-12-14-36-24(21)25(34)30(26(31)35)13-11-22(32)28-15-18-8-3-5-9-19(18)27/h3-10,12,14H,2,11,13,15-16H2,1H3,(H,28,32)(H,29,33). The molecule has 10 heteroatoms. The number of amides is 2. The van der Waals surface area contributed by atoms with Gasteiger partial charge in [-0.2, -0.15) is 0 Å². The van der Waals surface area contributed by atoms with Crippen LogP contribution < -0.4 is 21.9 Å². The highest BCUT2D eigenvalue weighted by molar-refractivity contribution is 7.17. The van der Waals surface area contributed by atoms with Gasteiger partial charge >= 0.3 is 5.69 Å². The Morgan fingerprint density at radius 3 is 2.42 bits per heavy atom. The van der Waals surface area contributed by atoms with E-state index in [2.05, 4.69) is 10.6 Å². The summed E-state index contributed by atoms with van der Waals surface area (Å²) in [5.41, 5.74) is 1.71. The number of aromatic nitrogens is 2. The number of hydrogen-bond acceptors (Lipinski definition) is 5. The van der Waals surface area contributed by atoms with E-state index in [1.165, 1.54) is 15.9 Å². The zero-order valence-corrected chi connectivity index (χ0v) is 21.2. The molecule has 2 aromatic heterocycles. The van der Waals surface area contributed by atoms with Gasteiger partial charge in [-0.05, 0) is 41.1 Å². The van der Waals surface area contributed by atoms with Crippen LogP contribution in [0.2, 0.25) is 5.02 Å². The molecule has 4 rings (SSSR count). The summed E-state index contributed by atoms with van der Waals surface area (Å²) in [6.07, 6.45) is 0.668. The van der Waals surface area contributed by atoms with Crippen LogP contribution in [0.25, 0.3) is 10.2 Å². The lowest BCUT2D eigenvalue weighted by Gasteiger charge is -2.14. The van der Waals surface area contributed by atoms with Crippen LogP contribution in [0.3, 0.4) is 0 Å². The third kappa shape index (κ3) is 5.58.